The number of pyridine rings is 1. The second-order valence-electron chi connectivity index (χ2n) is 4.44. The summed E-state index contributed by atoms with van der Waals surface area (Å²) in [5, 5.41) is 0. The monoisotopic (exact) mass is 280 g/mol. The number of ketones is 1. The lowest BCUT2D eigenvalue weighted by Gasteiger charge is -2.04. The van der Waals surface area contributed by atoms with Gasteiger partial charge in [-0.25, -0.2) is 9.78 Å². The number of imidazole rings is 1. The molecule has 0 amide bonds. The molecule has 0 radical (unpaired) electrons. The van der Waals surface area contributed by atoms with Crippen LogP contribution in [0.2, 0.25) is 0 Å². The molecule has 5 nitrogen and oxygen atoms in total. The Morgan fingerprint density at radius 3 is 2.62 bits per heavy atom. The summed E-state index contributed by atoms with van der Waals surface area (Å²) in [4.78, 5) is 28.0. The predicted octanol–water partition coefficient (Wildman–Crippen LogP) is 2.37. The van der Waals surface area contributed by atoms with Gasteiger partial charge in [0.1, 0.15) is 5.65 Å². The quantitative estimate of drug-likeness (QED) is 0.544. The van der Waals surface area contributed by atoms with Crippen LogP contribution in [-0.2, 0) is 4.74 Å². The van der Waals surface area contributed by atoms with Crippen molar-refractivity contribution in [1.82, 2.24) is 9.38 Å². The standard InChI is InChI=1S/C16H12N2O3/c19-14(12-6-2-1-3-7-12)11-21-16(20)13-10-17-15-8-4-5-9-18(13)15/h1-10H,11H2. The zero-order valence-corrected chi connectivity index (χ0v) is 11.1. The van der Waals surface area contributed by atoms with Crippen LogP contribution < -0.4 is 0 Å². The SMILES string of the molecule is O=C(COC(=O)c1cnc2ccccn12)c1ccccc1. The summed E-state index contributed by atoms with van der Waals surface area (Å²) in [6.07, 6.45) is 3.16. The van der Waals surface area contributed by atoms with Crippen molar-refractivity contribution >= 4 is 17.4 Å². The zero-order valence-electron chi connectivity index (χ0n) is 11.1. The molecule has 0 bridgehead atoms. The van der Waals surface area contributed by atoms with E-state index in [2.05, 4.69) is 4.98 Å². The number of carbonyl (C=O) groups is 2. The minimum Gasteiger partial charge on any atom is -0.453 e. The van der Waals surface area contributed by atoms with E-state index in [-0.39, 0.29) is 12.4 Å². The third-order valence-corrected chi connectivity index (χ3v) is 3.06. The summed E-state index contributed by atoms with van der Waals surface area (Å²) in [5.74, 6) is -0.809. The fraction of sp³-hybridized carbons (Fsp3) is 0.0625. The lowest BCUT2D eigenvalue weighted by atomic mass is 10.1. The smallest absolute Gasteiger partial charge is 0.357 e. The largest absolute Gasteiger partial charge is 0.453 e. The first-order valence-corrected chi connectivity index (χ1v) is 6.43. The topological polar surface area (TPSA) is 60.7 Å². The van der Waals surface area contributed by atoms with Crippen molar-refractivity contribution in [3.05, 3.63) is 72.2 Å². The van der Waals surface area contributed by atoms with E-state index in [9.17, 15) is 9.59 Å². The highest BCUT2D eigenvalue weighted by Gasteiger charge is 2.15. The Hall–Kier alpha value is -2.95. The van der Waals surface area contributed by atoms with Gasteiger partial charge in [0.2, 0.25) is 0 Å². The third-order valence-electron chi connectivity index (χ3n) is 3.06. The van der Waals surface area contributed by atoms with Gasteiger partial charge in [-0.15, -0.1) is 0 Å². The zero-order chi connectivity index (χ0) is 14.7. The number of Topliss-reactive ketones (excluding diaryl/α,β-unsaturated/α-hetero) is 1. The normalized spacial score (nSPS) is 10.5. The summed E-state index contributed by atoms with van der Waals surface area (Å²) in [7, 11) is 0. The van der Waals surface area contributed by atoms with Gasteiger partial charge in [-0.1, -0.05) is 36.4 Å². The van der Waals surface area contributed by atoms with Crippen molar-refractivity contribution < 1.29 is 14.3 Å². The molecule has 2 heterocycles. The fourth-order valence-corrected chi connectivity index (χ4v) is 2.00. The summed E-state index contributed by atoms with van der Waals surface area (Å²) < 4.78 is 6.68. The Bertz CT molecular complexity index is 793. The summed E-state index contributed by atoms with van der Waals surface area (Å²) in [5.41, 5.74) is 1.47. The molecule has 0 aliphatic rings. The third kappa shape index (κ3) is 2.67. The Kier molecular flexibility index (Phi) is 3.47. The molecule has 0 aliphatic carbocycles. The molecule has 104 valence electrons. The van der Waals surface area contributed by atoms with E-state index >= 15 is 0 Å². The molecule has 5 heteroatoms. The van der Waals surface area contributed by atoms with E-state index in [4.69, 9.17) is 4.74 Å². The molecule has 0 atom stereocenters. The molecule has 3 rings (SSSR count). The maximum atomic E-state index is 12.0. The van der Waals surface area contributed by atoms with Crippen LogP contribution in [0.15, 0.2) is 60.9 Å². The summed E-state index contributed by atoms with van der Waals surface area (Å²) in [6, 6.07) is 14.1. The van der Waals surface area contributed by atoms with Crippen LogP contribution in [0.3, 0.4) is 0 Å². The Labute approximate surface area is 120 Å². The minimum atomic E-state index is -0.571. The van der Waals surface area contributed by atoms with Gasteiger partial charge in [0.25, 0.3) is 0 Å². The van der Waals surface area contributed by atoms with E-state index in [0.717, 1.165) is 0 Å². The molecule has 0 fully saturated rings. The van der Waals surface area contributed by atoms with Crippen LogP contribution in [0, 0.1) is 0 Å². The van der Waals surface area contributed by atoms with Gasteiger partial charge >= 0.3 is 5.97 Å². The number of nitrogens with zero attached hydrogens (tertiary/aromatic N) is 2. The van der Waals surface area contributed by atoms with Crippen LogP contribution in [0.25, 0.3) is 5.65 Å². The number of carbonyl (C=O) groups excluding carboxylic acids is 2. The van der Waals surface area contributed by atoms with Crippen molar-refractivity contribution in [1.29, 1.82) is 0 Å². The van der Waals surface area contributed by atoms with Crippen LogP contribution in [0.4, 0.5) is 0 Å². The molecule has 0 saturated heterocycles. The molecular weight excluding hydrogens is 268 g/mol. The van der Waals surface area contributed by atoms with Gasteiger partial charge in [-0.3, -0.25) is 9.20 Å². The molecule has 0 spiro atoms. The summed E-state index contributed by atoms with van der Waals surface area (Å²) in [6.45, 7) is -0.289. The van der Waals surface area contributed by atoms with Gasteiger partial charge < -0.3 is 4.74 Å². The predicted molar refractivity (Wildman–Crippen MR) is 76.2 cm³/mol. The lowest BCUT2D eigenvalue weighted by Crippen LogP contribution is -2.15. The first-order valence-electron chi connectivity index (χ1n) is 6.43. The average molecular weight is 280 g/mol. The van der Waals surface area contributed by atoms with Crippen molar-refractivity contribution in [2.75, 3.05) is 6.61 Å². The second kappa shape index (κ2) is 5.58. The van der Waals surface area contributed by atoms with Crippen molar-refractivity contribution in [2.45, 2.75) is 0 Å². The van der Waals surface area contributed by atoms with Gasteiger partial charge in [0, 0.05) is 11.8 Å². The molecule has 0 saturated carbocycles. The molecule has 2 aromatic heterocycles. The lowest BCUT2D eigenvalue weighted by molar-refractivity contribution is 0.0468. The van der Waals surface area contributed by atoms with E-state index in [0.29, 0.717) is 16.9 Å². The molecule has 0 unspecified atom stereocenters. The molecule has 21 heavy (non-hydrogen) atoms. The summed E-state index contributed by atoms with van der Waals surface area (Å²) >= 11 is 0. The number of fused-ring (bicyclic) bond motifs is 1. The van der Waals surface area contributed by atoms with Crippen LogP contribution in [0.5, 0.6) is 0 Å². The number of aromatic nitrogens is 2. The average Bonchev–Trinajstić information content (AvgIpc) is 2.97. The minimum absolute atomic E-state index is 0.238. The number of benzene rings is 1. The van der Waals surface area contributed by atoms with Gasteiger partial charge in [-0.2, -0.15) is 0 Å². The van der Waals surface area contributed by atoms with Crippen LogP contribution in [0.1, 0.15) is 20.8 Å². The number of rotatable bonds is 4. The van der Waals surface area contributed by atoms with Crippen molar-refractivity contribution in [3.8, 4) is 0 Å². The highest BCUT2D eigenvalue weighted by atomic mass is 16.5. The highest BCUT2D eigenvalue weighted by Crippen LogP contribution is 2.08. The van der Waals surface area contributed by atoms with Crippen molar-refractivity contribution in [2.24, 2.45) is 0 Å². The van der Waals surface area contributed by atoms with E-state index in [1.807, 2.05) is 12.1 Å². The molecule has 3 aromatic rings. The molecule has 1 aromatic carbocycles. The number of hydrogen-bond donors (Lipinski definition) is 0. The van der Waals surface area contributed by atoms with Gasteiger partial charge in [-0.05, 0) is 12.1 Å². The number of esters is 1. The molecule has 0 N–H and O–H groups in total. The Balaban J connectivity index is 1.71. The van der Waals surface area contributed by atoms with Crippen molar-refractivity contribution in [3.63, 3.8) is 0 Å². The number of ether oxygens (including phenoxy) is 1. The van der Waals surface area contributed by atoms with Gasteiger partial charge in [0.05, 0.1) is 6.20 Å². The van der Waals surface area contributed by atoms with Gasteiger partial charge in [0.15, 0.2) is 18.1 Å². The maximum absolute atomic E-state index is 12.0. The Morgan fingerprint density at radius 1 is 1.05 bits per heavy atom. The molecule has 0 aliphatic heterocycles. The maximum Gasteiger partial charge on any atom is 0.357 e. The van der Waals surface area contributed by atoms with E-state index in [1.54, 1.807) is 47.0 Å². The van der Waals surface area contributed by atoms with E-state index < -0.39 is 5.97 Å². The fourth-order valence-electron chi connectivity index (χ4n) is 2.00. The Morgan fingerprint density at radius 2 is 1.81 bits per heavy atom. The highest BCUT2D eigenvalue weighted by molar-refractivity contribution is 5.99. The molecular formula is C16H12N2O3. The second-order valence-corrected chi connectivity index (χ2v) is 4.44. The number of hydrogen-bond acceptors (Lipinski definition) is 4. The van der Waals surface area contributed by atoms with Crippen LogP contribution in [-0.4, -0.2) is 27.7 Å². The van der Waals surface area contributed by atoms with Crippen LogP contribution >= 0.6 is 0 Å². The first kappa shape index (κ1) is 13.1. The van der Waals surface area contributed by atoms with E-state index in [1.165, 1.54) is 6.20 Å². The first-order chi connectivity index (χ1) is 10.3.